The van der Waals surface area contributed by atoms with Gasteiger partial charge >= 0.3 is 0 Å². The summed E-state index contributed by atoms with van der Waals surface area (Å²) < 4.78 is 0. The summed E-state index contributed by atoms with van der Waals surface area (Å²) in [4.78, 5) is 36.1. The van der Waals surface area contributed by atoms with Crippen LogP contribution in [0.1, 0.15) is 23.4 Å². The molecule has 1 fully saturated rings. The number of aryl methyl sites for hydroxylation is 2. The molecule has 1 aliphatic rings. The highest BCUT2D eigenvalue weighted by molar-refractivity contribution is 5.97. The molecule has 1 saturated heterocycles. The van der Waals surface area contributed by atoms with Crippen molar-refractivity contribution in [2.75, 3.05) is 17.2 Å². The van der Waals surface area contributed by atoms with Crippen molar-refractivity contribution in [1.82, 2.24) is 14.9 Å². The van der Waals surface area contributed by atoms with Gasteiger partial charge in [-0.15, -0.1) is 0 Å². The summed E-state index contributed by atoms with van der Waals surface area (Å²) in [7, 11) is 0. The summed E-state index contributed by atoms with van der Waals surface area (Å²) in [5, 5.41) is 8.41. The lowest BCUT2D eigenvalue weighted by molar-refractivity contribution is -0.128. The lowest BCUT2D eigenvalue weighted by atomic mass is 10.0. The first-order chi connectivity index (χ1) is 16.9. The Morgan fingerprint density at radius 2 is 1.63 bits per heavy atom. The Balaban J connectivity index is 1.20. The number of hydrogen-bond acceptors (Lipinski definition) is 5. The average molecular weight is 466 g/mol. The number of likely N-dealkylation sites (tertiary alicyclic amines) is 1. The van der Waals surface area contributed by atoms with Crippen LogP contribution in [-0.2, 0) is 16.1 Å². The van der Waals surface area contributed by atoms with Gasteiger partial charge in [0.15, 0.2) is 0 Å². The van der Waals surface area contributed by atoms with Gasteiger partial charge in [0.05, 0.1) is 5.92 Å². The van der Waals surface area contributed by atoms with Crippen molar-refractivity contribution >= 4 is 39.9 Å². The number of carbonyl (C=O) groups is 2. The average Bonchev–Trinajstić information content (AvgIpc) is 3.20. The molecule has 2 amide bonds. The molecule has 0 radical (unpaired) electrons. The molecular formula is C28H27N5O2. The molecule has 7 nitrogen and oxygen atoms in total. The number of fused-ring (bicyclic) bond motifs is 1. The first-order valence-corrected chi connectivity index (χ1v) is 11.7. The molecule has 3 aromatic carbocycles. The van der Waals surface area contributed by atoms with Crippen LogP contribution >= 0.6 is 0 Å². The van der Waals surface area contributed by atoms with E-state index in [1.165, 1.54) is 0 Å². The van der Waals surface area contributed by atoms with Crippen molar-refractivity contribution < 1.29 is 9.59 Å². The summed E-state index contributed by atoms with van der Waals surface area (Å²) in [5.41, 5.74) is 4.38. The highest BCUT2D eigenvalue weighted by atomic mass is 16.2. The number of amides is 2. The molecule has 4 aromatic rings. The van der Waals surface area contributed by atoms with Gasteiger partial charge in [0.1, 0.15) is 0 Å². The molecule has 1 unspecified atom stereocenters. The second-order valence-electron chi connectivity index (χ2n) is 8.98. The highest BCUT2D eigenvalue weighted by Crippen LogP contribution is 2.26. The van der Waals surface area contributed by atoms with Gasteiger partial charge in [0.2, 0.25) is 17.8 Å². The van der Waals surface area contributed by atoms with E-state index in [1.807, 2.05) is 68.4 Å². The molecular weight excluding hydrogens is 438 g/mol. The molecule has 2 heterocycles. The Labute approximate surface area is 204 Å². The number of anilines is 3. The van der Waals surface area contributed by atoms with E-state index in [-0.39, 0.29) is 24.2 Å². The van der Waals surface area contributed by atoms with Crippen LogP contribution in [0.3, 0.4) is 0 Å². The fourth-order valence-corrected chi connectivity index (χ4v) is 4.53. The van der Waals surface area contributed by atoms with Crippen LogP contribution in [0, 0.1) is 19.8 Å². The van der Waals surface area contributed by atoms with E-state index >= 15 is 0 Å². The lowest BCUT2D eigenvalue weighted by Gasteiger charge is -2.18. The molecule has 1 aromatic heterocycles. The third kappa shape index (κ3) is 5.14. The van der Waals surface area contributed by atoms with E-state index in [9.17, 15) is 9.59 Å². The smallest absolute Gasteiger partial charge is 0.229 e. The molecule has 0 saturated carbocycles. The third-order valence-corrected chi connectivity index (χ3v) is 6.22. The number of hydrogen-bond donors (Lipinski definition) is 2. The lowest BCUT2D eigenvalue weighted by Crippen LogP contribution is -2.28. The van der Waals surface area contributed by atoms with E-state index < -0.39 is 0 Å². The number of rotatable bonds is 6. The van der Waals surface area contributed by atoms with Crippen LogP contribution < -0.4 is 10.6 Å². The van der Waals surface area contributed by atoms with E-state index in [0.717, 1.165) is 33.4 Å². The first-order valence-electron chi connectivity index (χ1n) is 11.7. The normalized spacial score (nSPS) is 15.4. The molecule has 5 rings (SSSR count). The summed E-state index contributed by atoms with van der Waals surface area (Å²) in [5.74, 6) is 0.0252. The number of benzene rings is 3. The standard InChI is InChI=1S/C28H27N5O2/c1-18-14-19(2)30-28(29-18)32-24-12-10-23(11-13-24)31-27(35)22-15-26(34)33(17-22)16-21-8-5-7-20-6-3-4-9-25(20)21/h3-14,22H,15-17H2,1-2H3,(H,31,35)(H,29,30,32). The van der Waals surface area contributed by atoms with E-state index in [1.54, 1.807) is 4.90 Å². The zero-order valence-electron chi connectivity index (χ0n) is 19.8. The van der Waals surface area contributed by atoms with Gasteiger partial charge in [0.25, 0.3) is 0 Å². The van der Waals surface area contributed by atoms with Gasteiger partial charge in [-0.2, -0.15) is 0 Å². The number of nitrogens with one attached hydrogen (secondary N) is 2. The highest BCUT2D eigenvalue weighted by Gasteiger charge is 2.34. The second kappa shape index (κ2) is 9.54. The van der Waals surface area contributed by atoms with Crippen molar-refractivity contribution in [3.8, 4) is 0 Å². The first kappa shape index (κ1) is 22.5. The van der Waals surface area contributed by atoms with Crippen molar-refractivity contribution in [2.45, 2.75) is 26.8 Å². The Morgan fingerprint density at radius 3 is 2.40 bits per heavy atom. The number of nitrogens with zero attached hydrogens (tertiary/aromatic N) is 3. The predicted octanol–water partition coefficient (Wildman–Crippen LogP) is 4.98. The van der Waals surface area contributed by atoms with Crippen molar-refractivity contribution in [3.63, 3.8) is 0 Å². The third-order valence-electron chi connectivity index (χ3n) is 6.22. The SMILES string of the molecule is Cc1cc(C)nc(Nc2ccc(NC(=O)C3CC(=O)N(Cc4cccc5ccccc45)C3)cc2)n1. The van der Waals surface area contributed by atoms with Crippen molar-refractivity contribution in [1.29, 1.82) is 0 Å². The van der Waals surface area contributed by atoms with Crippen molar-refractivity contribution in [2.24, 2.45) is 5.92 Å². The largest absolute Gasteiger partial charge is 0.338 e. The van der Waals surface area contributed by atoms with E-state index in [2.05, 4.69) is 38.8 Å². The van der Waals surface area contributed by atoms with Gasteiger partial charge in [-0.3, -0.25) is 9.59 Å². The maximum Gasteiger partial charge on any atom is 0.229 e. The van der Waals surface area contributed by atoms with Crippen molar-refractivity contribution in [3.05, 3.63) is 89.7 Å². The van der Waals surface area contributed by atoms with Crippen LogP contribution in [0.25, 0.3) is 10.8 Å². The quantitative estimate of drug-likeness (QED) is 0.420. The van der Waals surface area contributed by atoms with Gasteiger partial charge in [0, 0.05) is 42.3 Å². The zero-order chi connectivity index (χ0) is 24.4. The number of aromatic nitrogens is 2. The fourth-order valence-electron chi connectivity index (χ4n) is 4.53. The fraction of sp³-hybridized carbons (Fsp3) is 0.214. The predicted molar refractivity (Wildman–Crippen MR) is 137 cm³/mol. The Kier molecular flexibility index (Phi) is 6.14. The molecule has 176 valence electrons. The Bertz CT molecular complexity index is 1370. The second-order valence-corrected chi connectivity index (χ2v) is 8.98. The Hall–Kier alpha value is -4.26. The summed E-state index contributed by atoms with van der Waals surface area (Å²) in [6.45, 7) is 4.77. The van der Waals surface area contributed by atoms with Crippen LogP contribution in [0.15, 0.2) is 72.8 Å². The Morgan fingerprint density at radius 1 is 0.943 bits per heavy atom. The molecule has 0 aliphatic carbocycles. The van der Waals surface area contributed by atoms with E-state index in [4.69, 9.17) is 0 Å². The molecule has 7 heteroatoms. The minimum atomic E-state index is -0.376. The maximum absolute atomic E-state index is 12.9. The molecule has 1 aliphatic heterocycles. The molecule has 1 atom stereocenters. The minimum Gasteiger partial charge on any atom is -0.338 e. The van der Waals surface area contributed by atoms with Gasteiger partial charge in [-0.05, 0) is 60.5 Å². The summed E-state index contributed by atoms with van der Waals surface area (Å²) >= 11 is 0. The summed E-state index contributed by atoms with van der Waals surface area (Å²) in [6.07, 6.45) is 0.223. The minimum absolute atomic E-state index is 0.00563. The maximum atomic E-state index is 12.9. The molecule has 0 bridgehead atoms. The molecule has 0 spiro atoms. The molecule has 35 heavy (non-hydrogen) atoms. The van der Waals surface area contributed by atoms with Crippen LogP contribution in [0.5, 0.6) is 0 Å². The monoisotopic (exact) mass is 465 g/mol. The molecule has 2 N–H and O–H groups in total. The van der Waals surface area contributed by atoms with Gasteiger partial charge in [-0.1, -0.05) is 42.5 Å². The zero-order valence-corrected chi connectivity index (χ0v) is 19.8. The van der Waals surface area contributed by atoms with Gasteiger partial charge < -0.3 is 15.5 Å². The topological polar surface area (TPSA) is 87.2 Å². The number of carbonyl (C=O) groups excluding carboxylic acids is 2. The van der Waals surface area contributed by atoms with Crippen LogP contribution in [0.4, 0.5) is 17.3 Å². The van der Waals surface area contributed by atoms with E-state index in [0.29, 0.717) is 24.7 Å². The van der Waals surface area contributed by atoms with Crippen LogP contribution in [-0.4, -0.2) is 33.2 Å². The van der Waals surface area contributed by atoms with Crippen LogP contribution in [0.2, 0.25) is 0 Å². The van der Waals surface area contributed by atoms with Gasteiger partial charge in [-0.25, -0.2) is 9.97 Å². The summed E-state index contributed by atoms with van der Waals surface area (Å²) in [6, 6.07) is 23.6.